The number of allylic oxidation sites excluding steroid dienone is 6. The Morgan fingerprint density at radius 2 is 1.36 bits per heavy atom. The Labute approximate surface area is 172 Å². The van der Waals surface area contributed by atoms with Crippen molar-refractivity contribution in [3.05, 3.63) is 64.8 Å². The lowest BCUT2D eigenvalue weighted by Gasteiger charge is -2.27. The van der Waals surface area contributed by atoms with Gasteiger partial charge in [0.05, 0.1) is 0 Å². The molecule has 0 heterocycles. The smallest absolute Gasteiger partial charge is 0.0154 e. The lowest BCUT2D eigenvalue weighted by molar-refractivity contribution is 0.323. The van der Waals surface area contributed by atoms with Crippen molar-refractivity contribution >= 4 is 5.57 Å². The van der Waals surface area contributed by atoms with Crippen LogP contribution in [-0.2, 0) is 0 Å². The van der Waals surface area contributed by atoms with E-state index in [1.807, 2.05) is 0 Å². The summed E-state index contributed by atoms with van der Waals surface area (Å²) < 4.78 is 0. The van der Waals surface area contributed by atoms with E-state index in [1.54, 1.807) is 11.1 Å². The van der Waals surface area contributed by atoms with Crippen LogP contribution in [0.4, 0.5) is 0 Å². The first kappa shape index (κ1) is 19.7. The molecule has 0 N–H and O–H groups in total. The molecule has 0 bridgehead atoms. The maximum Gasteiger partial charge on any atom is -0.0154 e. The molecule has 1 aromatic carbocycles. The number of aryl methyl sites for hydroxylation is 1. The van der Waals surface area contributed by atoms with Crippen molar-refractivity contribution in [1.29, 1.82) is 0 Å². The van der Waals surface area contributed by atoms with E-state index in [0.717, 1.165) is 30.1 Å². The van der Waals surface area contributed by atoms with E-state index in [4.69, 9.17) is 0 Å². The molecule has 0 radical (unpaired) electrons. The molecule has 28 heavy (non-hydrogen) atoms. The van der Waals surface area contributed by atoms with Gasteiger partial charge in [0.25, 0.3) is 0 Å². The van der Waals surface area contributed by atoms with Crippen LogP contribution in [-0.4, -0.2) is 0 Å². The van der Waals surface area contributed by atoms with Crippen LogP contribution in [0.2, 0.25) is 0 Å². The molecule has 2 fully saturated rings. The molecular weight excluding hydrogens is 336 g/mol. The van der Waals surface area contributed by atoms with Gasteiger partial charge in [-0.15, -0.1) is 0 Å². The van der Waals surface area contributed by atoms with E-state index in [1.165, 1.54) is 68.1 Å². The summed E-state index contributed by atoms with van der Waals surface area (Å²) >= 11 is 0. The van der Waals surface area contributed by atoms with E-state index in [9.17, 15) is 0 Å². The maximum atomic E-state index is 2.48. The molecule has 0 heteroatoms. The van der Waals surface area contributed by atoms with Gasteiger partial charge in [-0.1, -0.05) is 82.0 Å². The summed E-state index contributed by atoms with van der Waals surface area (Å²) in [4.78, 5) is 0. The molecule has 3 aliphatic carbocycles. The van der Waals surface area contributed by atoms with E-state index >= 15 is 0 Å². The number of hydrogen-bond donors (Lipinski definition) is 0. The second kappa shape index (κ2) is 8.85. The Balaban J connectivity index is 1.46. The van der Waals surface area contributed by atoms with Gasteiger partial charge in [0.2, 0.25) is 0 Å². The highest BCUT2D eigenvalue weighted by Crippen LogP contribution is 2.38. The highest BCUT2D eigenvalue weighted by molar-refractivity contribution is 5.77. The number of rotatable bonds is 3. The summed E-state index contributed by atoms with van der Waals surface area (Å²) in [7, 11) is 0. The average molecular weight is 375 g/mol. The average Bonchev–Trinajstić information content (AvgIpc) is 2.95. The van der Waals surface area contributed by atoms with Crippen molar-refractivity contribution in [2.45, 2.75) is 84.5 Å². The minimum absolute atomic E-state index is 0.782. The van der Waals surface area contributed by atoms with Crippen LogP contribution >= 0.6 is 0 Å². The third-order valence-corrected chi connectivity index (χ3v) is 7.68. The van der Waals surface area contributed by atoms with E-state index in [-0.39, 0.29) is 0 Å². The molecule has 0 aromatic heterocycles. The Morgan fingerprint density at radius 3 is 2.00 bits per heavy atom. The van der Waals surface area contributed by atoms with E-state index in [2.05, 4.69) is 63.3 Å². The molecule has 1 aromatic rings. The fourth-order valence-corrected chi connectivity index (χ4v) is 5.60. The summed E-state index contributed by atoms with van der Waals surface area (Å²) in [5, 5.41) is 0. The van der Waals surface area contributed by atoms with Crippen molar-refractivity contribution in [2.24, 2.45) is 17.8 Å². The quantitative estimate of drug-likeness (QED) is 0.498. The largest absolute Gasteiger partial charge is 0.0772 e. The molecule has 0 amide bonds. The lowest BCUT2D eigenvalue weighted by Crippen LogP contribution is -2.13. The molecule has 0 atom stereocenters. The lowest BCUT2D eigenvalue weighted by atomic mass is 9.78. The van der Waals surface area contributed by atoms with E-state index in [0.29, 0.717) is 0 Å². The predicted octanol–water partition coefficient (Wildman–Crippen LogP) is 8.38. The first-order chi connectivity index (χ1) is 13.6. The number of benzene rings is 1. The molecular formula is C28H38. The fourth-order valence-electron chi connectivity index (χ4n) is 5.60. The minimum Gasteiger partial charge on any atom is -0.0772 e. The van der Waals surface area contributed by atoms with Crippen LogP contribution in [0, 0.1) is 24.7 Å². The van der Waals surface area contributed by atoms with Crippen LogP contribution < -0.4 is 0 Å². The molecule has 4 rings (SSSR count). The van der Waals surface area contributed by atoms with Crippen molar-refractivity contribution in [3.63, 3.8) is 0 Å². The monoisotopic (exact) mass is 374 g/mol. The van der Waals surface area contributed by atoms with Gasteiger partial charge >= 0.3 is 0 Å². The van der Waals surface area contributed by atoms with Gasteiger partial charge in [-0.3, -0.25) is 0 Å². The Bertz CT molecular complexity index is 759. The molecule has 0 nitrogen and oxygen atoms in total. The summed E-state index contributed by atoms with van der Waals surface area (Å²) in [5.41, 5.74) is 7.44. The van der Waals surface area contributed by atoms with Gasteiger partial charge in [0, 0.05) is 0 Å². The molecule has 150 valence electrons. The summed E-state index contributed by atoms with van der Waals surface area (Å²) in [6.07, 6.45) is 21.9. The standard InChI is InChI=1S/C28H38/c1-20-7-11-24(12-8-20)23-5-4-6-26(16-15-23)28-18-17-27(19-22(28)3)25-13-9-21(2)10-14-25/h5-6,15-21,24-25H,4,7-14H2,1-3H3. The van der Waals surface area contributed by atoms with Gasteiger partial charge in [-0.2, -0.15) is 0 Å². The van der Waals surface area contributed by atoms with Gasteiger partial charge in [0.15, 0.2) is 0 Å². The number of hydrogen-bond acceptors (Lipinski definition) is 0. The summed E-state index contributed by atoms with van der Waals surface area (Å²) in [5.74, 6) is 3.42. The second-order valence-corrected chi connectivity index (χ2v) is 9.92. The zero-order valence-electron chi connectivity index (χ0n) is 18.2. The van der Waals surface area contributed by atoms with Crippen LogP contribution in [0.25, 0.3) is 5.57 Å². The molecule has 2 saturated carbocycles. The third kappa shape index (κ3) is 4.53. The van der Waals surface area contributed by atoms with Gasteiger partial charge < -0.3 is 0 Å². The predicted molar refractivity (Wildman–Crippen MR) is 122 cm³/mol. The van der Waals surface area contributed by atoms with Crippen molar-refractivity contribution in [1.82, 2.24) is 0 Å². The minimum atomic E-state index is 0.782. The summed E-state index contributed by atoms with van der Waals surface area (Å²) in [6.45, 7) is 7.12. The van der Waals surface area contributed by atoms with Crippen molar-refractivity contribution in [2.75, 3.05) is 0 Å². The summed E-state index contributed by atoms with van der Waals surface area (Å²) in [6, 6.07) is 7.29. The van der Waals surface area contributed by atoms with Crippen LogP contribution in [0.15, 0.2) is 48.1 Å². The van der Waals surface area contributed by atoms with Crippen molar-refractivity contribution in [3.8, 4) is 0 Å². The highest BCUT2D eigenvalue weighted by Gasteiger charge is 2.22. The van der Waals surface area contributed by atoms with Crippen LogP contribution in [0.3, 0.4) is 0 Å². The molecule has 0 aliphatic heterocycles. The van der Waals surface area contributed by atoms with Crippen LogP contribution in [0.1, 0.15) is 94.2 Å². The Hall–Kier alpha value is -1.56. The van der Waals surface area contributed by atoms with Crippen molar-refractivity contribution < 1.29 is 0 Å². The third-order valence-electron chi connectivity index (χ3n) is 7.68. The zero-order valence-corrected chi connectivity index (χ0v) is 18.2. The Kier molecular flexibility index (Phi) is 6.24. The fraction of sp³-hybridized carbons (Fsp3) is 0.571. The first-order valence-corrected chi connectivity index (χ1v) is 11.8. The first-order valence-electron chi connectivity index (χ1n) is 11.8. The van der Waals surface area contributed by atoms with Gasteiger partial charge in [-0.05, 0) is 90.5 Å². The topological polar surface area (TPSA) is 0 Å². The van der Waals surface area contributed by atoms with Crippen LogP contribution in [0.5, 0.6) is 0 Å². The molecule has 0 spiro atoms. The van der Waals surface area contributed by atoms with Gasteiger partial charge in [-0.25, -0.2) is 0 Å². The Morgan fingerprint density at radius 1 is 0.714 bits per heavy atom. The molecule has 0 saturated heterocycles. The van der Waals surface area contributed by atoms with Gasteiger partial charge in [0.1, 0.15) is 0 Å². The van der Waals surface area contributed by atoms with E-state index < -0.39 is 0 Å². The zero-order chi connectivity index (χ0) is 19.5. The molecule has 0 unspecified atom stereocenters. The highest BCUT2D eigenvalue weighted by atomic mass is 14.3. The maximum absolute atomic E-state index is 2.48. The normalized spacial score (nSPS) is 31.1. The SMILES string of the molecule is Cc1cc(C2CCC(C)CC2)ccc1C1=CCC=C(C2CCC(C)CC2)C=C1. The second-order valence-electron chi connectivity index (χ2n) is 9.92. The molecule has 3 aliphatic rings.